The number of fused-ring (bicyclic) bond motifs is 1. The molecule has 1 aliphatic rings. The molecule has 1 aromatic rings. The molecule has 0 spiro atoms. The van der Waals surface area contributed by atoms with Crippen molar-refractivity contribution in [2.24, 2.45) is 0 Å². The minimum atomic E-state index is 0.659. The molecule has 0 saturated carbocycles. The maximum Gasteiger partial charge on any atom is 0.161 e. The first-order valence-corrected chi connectivity index (χ1v) is 6.03. The Labute approximate surface area is 96.0 Å². The molecular weight excluding hydrogens is 208 g/mol. The maximum absolute atomic E-state index is 5.53. The zero-order valence-electron chi connectivity index (χ0n) is 8.74. The second kappa shape index (κ2) is 5.31. The third-order valence-corrected chi connectivity index (χ3v) is 2.80. The smallest absolute Gasteiger partial charge is 0.161 e. The molecule has 0 bridgehead atoms. The highest BCUT2D eigenvalue weighted by atomic mass is 32.1. The molecule has 0 radical (unpaired) electrons. The molecule has 0 saturated heterocycles. The van der Waals surface area contributed by atoms with Crippen LogP contribution in [0.15, 0.2) is 18.2 Å². The summed E-state index contributed by atoms with van der Waals surface area (Å²) in [5, 5.41) is 0. The van der Waals surface area contributed by atoms with Crippen LogP contribution in [0.3, 0.4) is 0 Å². The van der Waals surface area contributed by atoms with Gasteiger partial charge in [-0.1, -0.05) is 6.07 Å². The molecule has 3 heteroatoms. The van der Waals surface area contributed by atoms with Gasteiger partial charge in [0.05, 0.1) is 0 Å². The van der Waals surface area contributed by atoms with Crippen LogP contribution in [-0.4, -0.2) is 19.0 Å². The topological polar surface area (TPSA) is 18.5 Å². The molecule has 0 amide bonds. The predicted octanol–water partition coefficient (Wildman–Crippen LogP) is 2.71. The quantitative estimate of drug-likeness (QED) is 0.626. The van der Waals surface area contributed by atoms with Gasteiger partial charge in [-0.2, -0.15) is 12.6 Å². The summed E-state index contributed by atoms with van der Waals surface area (Å²) >= 11 is 4.20. The molecule has 15 heavy (non-hydrogen) atoms. The minimum absolute atomic E-state index is 0.659. The van der Waals surface area contributed by atoms with E-state index >= 15 is 0 Å². The minimum Gasteiger partial charge on any atom is -0.486 e. The average molecular weight is 224 g/mol. The van der Waals surface area contributed by atoms with Gasteiger partial charge in [0.1, 0.15) is 13.2 Å². The van der Waals surface area contributed by atoms with E-state index < -0.39 is 0 Å². The molecule has 0 unspecified atom stereocenters. The number of hydrogen-bond donors (Lipinski definition) is 1. The van der Waals surface area contributed by atoms with E-state index in [0.29, 0.717) is 13.2 Å². The molecule has 82 valence electrons. The van der Waals surface area contributed by atoms with Gasteiger partial charge >= 0.3 is 0 Å². The lowest BCUT2D eigenvalue weighted by molar-refractivity contribution is 0.171. The Bertz CT molecular complexity index is 325. The van der Waals surface area contributed by atoms with Crippen LogP contribution in [0.4, 0.5) is 0 Å². The lowest BCUT2D eigenvalue weighted by atomic mass is 10.1. The SMILES string of the molecule is SCCCCc1ccc2c(c1)OCCO2. The number of rotatable bonds is 4. The predicted molar refractivity (Wildman–Crippen MR) is 64.2 cm³/mol. The molecule has 0 fully saturated rings. The number of ether oxygens (including phenoxy) is 2. The van der Waals surface area contributed by atoms with Crippen LogP contribution in [0.25, 0.3) is 0 Å². The molecule has 0 N–H and O–H groups in total. The number of unbranched alkanes of at least 4 members (excludes halogenated alkanes) is 1. The van der Waals surface area contributed by atoms with Crippen molar-refractivity contribution < 1.29 is 9.47 Å². The summed E-state index contributed by atoms with van der Waals surface area (Å²) in [6.45, 7) is 1.32. The highest BCUT2D eigenvalue weighted by Crippen LogP contribution is 2.31. The van der Waals surface area contributed by atoms with Gasteiger partial charge < -0.3 is 9.47 Å². The molecule has 2 rings (SSSR count). The Morgan fingerprint density at radius 2 is 1.87 bits per heavy atom. The van der Waals surface area contributed by atoms with Crippen LogP contribution >= 0.6 is 12.6 Å². The summed E-state index contributed by atoms with van der Waals surface area (Å²) in [5.41, 5.74) is 1.32. The molecule has 1 heterocycles. The number of thiol groups is 1. The van der Waals surface area contributed by atoms with E-state index in [-0.39, 0.29) is 0 Å². The van der Waals surface area contributed by atoms with Crippen LogP contribution in [0, 0.1) is 0 Å². The lowest BCUT2D eigenvalue weighted by Crippen LogP contribution is -2.15. The zero-order valence-corrected chi connectivity index (χ0v) is 9.63. The summed E-state index contributed by atoms with van der Waals surface area (Å²) in [7, 11) is 0. The first kappa shape index (κ1) is 10.7. The van der Waals surface area contributed by atoms with Crippen molar-refractivity contribution in [3.05, 3.63) is 23.8 Å². The Balaban J connectivity index is 2.00. The van der Waals surface area contributed by atoms with Gasteiger partial charge in [0.2, 0.25) is 0 Å². The number of hydrogen-bond acceptors (Lipinski definition) is 3. The Kier molecular flexibility index (Phi) is 3.78. The summed E-state index contributed by atoms with van der Waals surface area (Å²) in [5.74, 6) is 2.73. The van der Waals surface area contributed by atoms with E-state index in [1.807, 2.05) is 6.07 Å². The van der Waals surface area contributed by atoms with Crippen LogP contribution in [0.1, 0.15) is 18.4 Å². The van der Waals surface area contributed by atoms with E-state index in [0.717, 1.165) is 30.1 Å². The highest BCUT2D eigenvalue weighted by molar-refractivity contribution is 7.80. The Morgan fingerprint density at radius 1 is 1.07 bits per heavy atom. The third kappa shape index (κ3) is 2.81. The maximum atomic E-state index is 5.53. The highest BCUT2D eigenvalue weighted by Gasteiger charge is 2.11. The molecule has 1 aromatic carbocycles. The van der Waals surface area contributed by atoms with Crippen LogP contribution in [0.5, 0.6) is 11.5 Å². The Morgan fingerprint density at radius 3 is 2.67 bits per heavy atom. The Hall–Kier alpha value is -0.830. The van der Waals surface area contributed by atoms with Gasteiger partial charge in [0, 0.05) is 0 Å². The lowest BCUT2D eigenvalue weighted by Gasteiger charge is -2.18. The van der Waals surface area contributed by atoms with Gasteiger partial charge in [-0.25, -0.2) is 0 Å². The first-order chi connectivity index (χ1) is 7.40. The number of aryl methyl sites for hydroxylation is 1. The van der Waals surface area contributed by atoms with E-state index in [1.165, 1.54) is 12.0 Å². The molecular formula is C12H16O2S. The fourth-order valence-corrected chi connectivity index (χ4v) is 1.91. The van der Waals surface area contributed by atoms with E-state index in [1.54, 1.807) is 0 Å². The molecule has 0 atom stereocenters. The first-order valence-electron chi connectivity index (χ1n) is 5.39. The van der Waals surface area contributed by atoms with Gasteiger partial charge in [0.25, 0.3) is 0 Å². The second-order valence-electron chi connectivity index (χ2n) is 3.66. The fourth-order valence-electron chi connectivity index (χ4n) is 1.68. The van der Waals surface area contributed by atoms with Crippen molar-refractivity contribution in [1.29, 1.82) is 0 Å². The third-order valence-electron chi connectivity index (χ3n) is 2.48. The number of benzene rings is 1. The monoisotopic (exact) mass is 224 g/mol. The van der Waals surface area contributed by atoms with Crippen LogP contribution in [-0.2, 0) is 6.42 Å². The van der Waals surface area contributed by atoms with E-state index in [9.17, 15) is 0 Å². The van der Waals surface area contributed by atoms with Crippen molar-refractivity contribution in [2.45, 2.75) is 19.3 Å². The zero-order chi connectivity index (χ0) is 10.5. The summed E-state index contributed by atoms with van der Waals surface area (Å²) in [6, 6.07) is 6.21. The summed E-state index contributed by atoms with van der Waals surface area (Å²) in [4.78, 5) is 0. The van der Waals surface area contributed by atoms with Crippen molar-refractivity contribution in [2.75, 3.05) is 19.0 Å². The molecule has 2 nitrogen and oxygen atoms in total. The van der Waals surface area contributed by atoms with Crippen molar-refractivity contribution in [1.82, 2.24) is 0 Å². The molecule has 0 aliphatic carbocycles. The fraction of sp³-hybridized carbons (Fsp3) is 0.500. The van der Waals surface area contributed by atoms with Gasteiger partial charge in [-0.15, -0.1) is 0 Å². The van der Waals surface area contributed by atoms with Gasteiger partial charge in [-0.3, -0.25) is 0 Å². The van der Waals surface area contributed by atoms with E-state index in [2.05, 4.69) is 24.8 Å². The molecule has 0 aromatic heterocycles. The second-order valence-corrected chi connectivity index (χ2v) is 4.11. The van der Waals surface area contributed by atoms with Crippen molar-refractivity contribution in [3.63, 3.8) is 0 Å². The van der Waals surface area contributed by atoms with Gasteiger partial charge in [0.15, 0.2) is 11.5 Å². The van der Waals surface area contributed by atoms with Crippen molar-refractivity contribution >= 4 is 12.6 Å². The molecule has 1 aliphatic heterocycles. The van der Waals surface area contributed by atoms with Crippen molar-refractivity contribution in [3.8, 4) is 11.5 Å². The average Bonchev–Trinajstić information content (AvgIpc) is 2.29. The largest absolute Gasteiger partial charge is 0.486 e. The van der Waals surface area contributed by atoms with Gasteiger partial charge in [-0.05, 0) is 42.7 Å². The summed E-state index contributed by atoms with van der Waals surface area (Å²) < 4.78 is 11.0. The van der Waals surface area contributed by atoms with Crippen LogP contribution < -0.4 is 9.47 Å². The van der Waals surface area contributed by atoms with Crippen LogP contribution in [0.2, 0.25) is 0 Å². The normalized spacial score (nSPS) is 13.9. The van der Waals surface area contributed by atoms with E-state index in [4.69, 9.17) is 9.47 Å². The summed E-state index contributed by atoms with van der Waals surface area (Å²) in [6.07, 6.45) is 3.44. The standard InChI is InChI=1S/C12H16O2S/c15-8-2-1-3-10-4-5-11-12(9-10)14-7-6-13-11/h4-5,9,15H,1-3,6-8H2.